The van der Waals surface area contributed by atoms with Gasteiger partial charge in [0, 0.05) is 31.0 Å². The third-order valence-electron chi connectivity index (χ3n) is 3.08. The van der Waals surface area contributed by atoms with Crippen molar-refractivity contribution < 1.29 is 9.53 Å². The molecule has 0 bridgehead atoms. The van der Waals surface area contributed by atoms with Gasteiger partial charge in [0.1, 0.15) is 5.75 Å². The Balaban J connectivity index is 0.00000242. The Morgan fingerprint density at radius 2 is 1.78 bits per heavy atom. The number of likely N-dealkylation sites (N-methyl/N-ethyl adjacent to an activating group) is 1. The molecule has 0 unspecified atom stereocenters. The number of halogens is 2. The lowest BCUT2D eigenvalue weighted by Gasteiger charge is -2.07. The van der Waals surface area contributed by atoms with E-state index in [4.69, 9.17) is 4.74 Å². The van der Waals surface area contributed by atoms with Crippen LogP contribution in [0, 0.1) is 0 Å². The molecule has 0 fully saturated rings. The van der Waals surface area contributed by atoms with E-state index < -0.39 is 0 Å². The normalized spacial score (nSPS) is 9.30. The molecule has 2 rings (SSSR count). The summed E-state index contributed by atoms with van der Waals surface area (Å²) in [6, 6.07) is 9.49. The number of aromatic nitrogens is 1. The van der Waals surface area contributed by atoms with E-state index in [0.29, 0.717) is 12.1 Å². The molecule has 0 aliphatic heterocycles. The summed E-state index contributed by atoms with van der Waals surface area (Å²) in [5, 5.41) is 5.82. The number of carbonyl (C=O) groups excluding carboxylic acids is 1. The second-order valence-corrected chi connectivity index (χ2v) is 4.55. The number of nitrogens with one attached hydrogen (secondary N) is 2. The zero-order chi connectivity index (χ0) is 15.1. The van der Waals surface area contributed by atoms with E-state index >= 15 is 0 Å². The van der Waals surface area contributed by atoms with E-state index in [1.165, 1.54) is 0 Å². The number of methoxy groups -OCH3 is 1. The van der Waals surface area contributed by atoms with Crippen LogP contribution in [0.15, 0.2) is 42.7 Å². The lowest BCUT2D eigenvalue weighted by atomic mass is 10.1. The summed E-state index contributed by atoms with van der Waals surface area (Å²) < 4.78 is 5.14. The van der Waals surface area contributed by atoms with Crippen LogP contribution in [0.5, 0.6) is 5.75 Å². The molecule has 23 heavy (non-hydrogen) atoms. The van der Waals surface area contributed by atoms with E-state index in [9.17, 15) is 4.79 Å². The zero-order valence-corrected chi connectivity index (χ0v) is 14.7. The number of carbonyl (C=O) groups is 1. The van der Waals surface area contributed by atoms with Crippen molar-refractivity contribution in [1.29, 1.82) is 0 Å². The molecule has 2 N–H and O–H groups in total. The van der Waals surface area contributed by atoms with Crippen LogP contribution in [-0.4, -0.2) is 38.1 Å². The van der Waals surface area contributed by atoms with Gasteiger partial charge in [-0.2, -0.15) is 0 Å². The molecule has 0 radical (unpaired) electrons. The second-order valence-electron chi connectivity index (χ2n) is 4.55. The molecule has 1 amide bonds. The first kappa shape index (κ1) is 21.2. The lowest BCUT2D eigenvalue weighted by Crippen LogP contribution is -2.30. The van der Waals surface area contributed by atoms with Crippen molar-refractivity contribution in [3.63, 3.8) is 0 Å². The Morgan fingerprint density at radius 3 is 2.39 bits per heavy atom. The highest BCUT2D eigenvalue weighted by molar-refractivity contribution is 5.95. The summed E-state index contributed by atoms with van der Waals surface area (Å²) in [7, 11) is 3.48. The number of nitrogens with zero attached hydrogens (tertiary/aromatic N) is 1. The predicted octanol–water partition coefficient (Wildman–Crippen LogP) is 2.55. The maximum atomic E-state index is 12.0. The number of rotatable bonds is 6. The molecule has 0 aliphatic rings. The average molecular weight is 358 g/mol. The highest BCUT2D eigenvalue weighted by atomic mass is 35.5. The lowest BCUT2D eigenvalue weighted by molar-refractivity contribution is 0.0954. The van der Waals surface area contributed by atoms with Gasteiger partial charge in [-0.15, -0.1) is 24.8 Å². The van der Waals surface area contributed by atoms with Crippen molar-refractivity contribution in [2.45, 2.75) is 0 Å². The van der Waals surface area contributed by atoms with Crippen molar-refractivity contribution in [3.8, 4) is 16.9 Å². The van der Waals surface area contributed by atoms with E-state index in [0.717, 1.165) is 23.4 Å². The Labute approximate surface area is 148 Å². The summed E-state index contributed by atoms with van der Waals surface area (Å²) in [5.41, 5.74) is 2.45. The summed E-state index contributed by atoms with van der Waals surface area (Å²) in [5.74, 6) is 0.681. The van der Waals surface area contributed by atoms with Gasteiger partial charge in [0.25, 0.3) is 5.91 Å². The van der Waals surface area contributed by atoms with Gasteiger partial charge >= 0.3 is 0 Å². The summed E-state index contributed by atoms with van der Waals surface area (Å²) >= 11 is 0. The Bertz CT molecular complexity index is 607. The molecule has 1 aromatic heterocycles. The molecule has 126 valence electrons. The highest BCUT2D eigenvalue weighted by Gasteiger charge is 2.07. The van der Waals surface area contributed by atoms with Gasteiger partial charge in [0.2, 0.25) is 0 Å². The van der Waals surface area contributed by atoms with Crippen molar-refractivity contribution >= 4 is 30.7 Å². The topological polar surface area (TPSA) is 63.2 Å². The minimum absolute atomic E-state index is 0. The van der Waals surface area contributed by atoms with Gasteiger partial charge in [-0.05, 0) is 30.8 Å². The molecular formula is C16H21Cl2N3O2. The number of benzene rings is 1. The van der Waals surface area contributed by atoms with Crippen LogP contribution in [0.1, 0.15) is 10.4 Å². The van der Waals surface area contributed by atoms with E-state index in [-0.39, 0.29) is 30.7 Å². The molecular weight excluding hydrogens is 337 g/mol. The zero-order valence-electron chi connectivity index (χ0n) is 13.0. The molecule has 0 saturated heterocycles. The Hall–Kier alpha value is -1.82. The minimum Gasteiger partial charge on any atom is -0.497 e. The summed E-state index contributed by atoms with van der Waals surface area (Å²) in [6.45, 7) is 1.32. The molecule has 1 heterocycles. The van der Waals surface area contributed by atoms with E-state index in [1.54, 1.807) is 19.5 Å². The monoisotopic (exact) mass is 357 g/mol. The number of amides is 1. The van der Waals surface area contributed by atoms with Crippen LogP contribution in [0.2, 0.25) is 0 Å². The maximum absolute atomic E-state index is 12.0. The first-order valence-electron chi connectivity index (χ1n) is 6.77. The standard InChI is InChI=1S/C16H19N3O2.2ClH/c1-17-7-8-19-16(20)14-9-13(10-18-11-14)12-3-5-15(21-2)6-4-12;;/h3-6,9-11,17H,7-8H2,1-2H3,(H,19,20);2*1H. The van der Waals surface area contributed by atoms with Crippen molar-refractivity contribution in [3.05, 3.63) is 48.3 Å². The van der Waals surface area contributed by atoms with Crippen molar-refractivity contribution in [2.24, 2.45) is 0 Å². The molecule has 2 aromatic rings. The molecule has 5 nitrogen and oxygen atoms in total. The largest absolute Gasteiger partial charge is 0.497 e. The van der Waals surface area contributed by atoms with Crippen LogP contribution in [0.4, 0.5) is 0 Å². The van der Waals surface area contributed by atoms with Gasteiger partial charge in [-0.1, -0.05) is 12.1 Å². The third-order valence-corrected chi connectivity index (χ3v) is 3.08. The minimum atomic E-state index is -0.117. The second kappa shape index (κ2) is 10.8. The summed E-state index contributed by atoms with van der Waals surface area (Å²) in [6.07, 6.45) is 3.31. The number of ether oxygens (including phenoxy) is 1. The van der Waals surface area contributed by atoms with Crippen LogP contribution in [-0.2, 0) is 0 Å². The smallest absolute Gasteiger partial charge is 0.252 e. The molecule has 1 aromatic carbocycles. The summed E-state index contributed by atoms with van der Waals surface area (Å²) in [4.78, 5) is 16.1. The van der Waals surface area contributed by atoms with Gasteiger partial charge in [-0.25, -0.2) is 0 Å². The Kier molecular flexibility index (Phi) is 9.97. The fourth-order valence-electron chi connectivity index (χ4n) is 1.91. The van der Waals surface area contributed by atoms with Crippen LogP contribution in [0.25, 0.3) is 11.1 Å². The predicted molar refractivity (Wildman–Crippen MR) is 97.0 cm³/mol. The number of pyridine rings is 1. The molecule has 0 saturated carbocycles. The molecule has 0 spiro atoms. The average Bonchev–Trinajstić information content (AvgIpc) is 2.55. The SMILES string of the molecule is CNCCNC(=O)c1cncc(-c2ccc(OC)cc2)c1.Cl.Cl. The van der Waals surface area contributed by atoms with E-state index in [1.807, 2.05) is 37.4 Å². The number of hydrogen-bond donors (Lipinski definition) is 2. The van der Waals surface area contributed by atoms with E-state index in [2.05, 4.69) is 15.6 Å². The third kappa shape index (κ3) is 6.06. The van der Waals surface area contributed by atoms with Gasteiger partial charge in [0.05, 0.1) is 12.7 Å². The van der Waals surface area contributed by atoms with Crippen LogP contribution >= 0.6 is 24.8 Å². The van der Waals surface area contributed by atoms with Gasteiger partial charge in [0.15, 0.2) is 0 Å². The first-order valence-corrected chi connectivity index (χ1v) is 6.77. The molecule has 0 aliphatic carbocycles. The fraction of sp³-hybridized carbons (Fsp3) is 0.250. The quantitative estimate of drug-likeness (QED) is 0.779. The van der Waals surface area contributed by atoms with Gasteiger partial charge < -0.3 is 15.4 Å². The molecule has 7 heteroatoms. The van der Waals surface area contributed by atoms with Crippen molar-refractivity contribution in [1.82, 2.24) is 15.6 Å². The number of hydrogen-bond acceptors (Lipinski definition) is 4. The van der Waals surface area contributed by atoms with Crippen LogP contribution in [0.3, 0.4) is 0 Å². The van der Waals surface area contributed by atoms with Crippen LogP contribution < -0.4 is 15.4 Å². The van der Waals surface area contributed by atoms with Crippen molar-refractivity contribution in [2.75, 3.05) is 27.2 Å². The Morgan fingerprint density at radius 1 is 1.09 bits per heavy atom. The highest BCUT2D eigenvalue weighted by Crippen LogP contribution is 2.22. The maximum Gasteiger partial charge on any atom is 0.252 e. The molecule has 0 atom stereocenters. The fourth-order valence-corrected chi connectivity index (χ4v) is 1.91. The first-order chi connectivity index (χ1) is 10.2. The van der Waals surface area contributed by atoms with Gasteiger partial charge in [-0.3, -0.25) is 9.78 Å².